The zero-order valence-electron chi connectivity index (χ0n) is 12.7. The fourth-order valence-electron chi connectivity index (χ4n) is 3.06. The molecule has 23 heavy (non-hydrogen) atoms. The third-order valence-electron chi connectivity index (χ3n) is 4.25. The number of aromatic nitrogens is 2. The van der Waals surface area contributed by atoms with Gasteiger partial charge < -0.3 is 4.90 Å². The van der Waals surface area contributed by atoms with Crippen molar-refractivity contribution in [3.05, 3.63) is 78.1 Å². The van der Waals surface area contributed by atoms with E-state index >= 15 is 0 Å². The van der Waals surface area contributed by atoms with Crippen molar-refractivity contribution < 1.29 is 4.79 Å². The molecular weight excluding hydrogens is 286 g/mol. The van der Waals surface area contributed by atoms with Crippen LogP contribution in [-0.4, -0.2) is 22.2 Å². The van der Waals surface area contributed by atoms with Gasteiger partial charge in [0.05, 0.1) is 12.1 Å². The van der Waals surface area contributed by atoms with Gasteiger partial charge in [-0.05, 0) is 41.8 Å². The smallest absolute Gasteiger partial charge is 0.231 e. The highest BCUT2D eigenvalue weighted by molar-refractivity contribution is 5.96. The van der Waals surface area contributed by atoms with E-state index in [9.17, 15) is 4.79 Å². The normalized spacial score (nSPS) is 13.1. The van der Waals surface area contributed by atoms with Gasteiger partial charge in [0.25, 0.3) is 0 Å². The van der Waals surface area contributed by atoms with Crippen LogP contribution in [0.4, 0.5) is 5.69 Å². The highest BCUT2D eigenvalue weighted by atomic mass is 16.2. The molecule has 0 unspecified atom stereocenters. The maximum atomic E-state index is 12.6. The fourth-order valence-corrected chi connectivity index (χ4v) is 3.06. The van der Waals surface area contributed by atoms with E-state index in [0.717, 1.165) is 29.9 Å². The molecule has 0 N–H and O–H groups in total. The van der Waals surface area contributed by atoms with Gasteiger partial charge >= 0.3 is 0 Å². The van der Waals surface area contributed by atoms with E-state index in [4.69, 9.17) is 0 Å². The lowest BCUT2D eigenvalue weighted by Gasteiger charge is -2.17. The topological polar surface area (TPSA) is 38.1 Å². The van der Waals surface area contributed by atoms with Gasteiger partial charge in [-0.25, -0.2) is 4.68 Å². The molecule has 4 heteroatoms. The molecule has 1 aliphatic heterocycles. The van der Waals surface area contributed by atoms with Gasteiger partial charge in [-0.3, -0.25) is 4.79 Å². The third kappa shape index (κ3) is 2.63. The van der Waals surface area contributed by atoms with E-state index in [1.165, 1.54) is 5.56 Å². The maximum Gasteiger partial charge on any atom is 0.231 e. The fraction of sp³-hybridized carbons (Fsp3) is 0.158. The lowest BCUT2D eigenvalue weighted by Crippen LogP contribution is -2.30. The van der Waals surface area contributed by atoms with Crippen LogP contribution in [0.1, 0.15) is 11.1 Å². The molecule has 1 aromatic heterocycles. The first-order valence-corrected chi connectivity index (χ1v) is 7.78. The zero-order valence-corrected chi connectivity index (χ0v) is 12.7. The minimum Gasteiger partial charge on any atom is -0.312 e. The van der Waals surface area contributed by atoms with E-state index in [-0.39, 0.29) is 5.91 Å². The van der Waals surface area contributed by atoms with E-state index in [1.807, 2.05) is 64.3 Å². The number of para-hydroxylation sites is 1. The lowest BCUT2D eigenvalue weighted by atomic mass is 10.1. The van der Waals surface area contributed by atoms with E-state index in [2.05, 4.69) is 11.2 Å². The molecule has 0 aliphatic carbocycles. The van der Waals surface area contributed by atoms with Crippen molar-refractivity contribution in [2.24, 2.45) is 0 Å². The monoisotopic (exact) mass is 303 g/mol. The minimum atomic E-state index is 0.154. The molecule has 1 aliphatic rings. The Morgan fingerprint density at radius 3 is 2.65 bits per heavy atom. The highest BCUT2D eigenvalue weighted by Gasteiger charge is 2.23. The Hall–Kier alpha value is -2.88. The van der Waals surface area contributed by atoms with E-state index < -0.39 is 0 Å². The number of rotatable bonds is 3. The molecular formula is C19H17N3O. The Labute approximate surface area is 135 Å². The summed E-state index contributed by atoms with van der Waals surface area (Å²) >= 11 is 0. The molecule has 4 nitrogen and oxygen atoms in total. The van der Waals surface area contributed by atoms with Crippen LogP contribution < -0.4 is 4.90 Å². The van der Waals surface area contributed by atoms with Gasteiger partial charge in [0.15, 0.2) is 0 Å². The molecule has 2 heterocycles. The second-order valence-electron chi connectivity index (χ2n) is 5.72. The number of fused-ring (bicyclic) bond motifs is 1. The van der Waals surface area contributed by atoms with Gasteiger partial charge in [0.2, 0.25) is 5.91 Å². The number of hydrogen-bond donors (Lipinski definition) is 0. The van der Waals surface area contributed by atoms with Gasteiger partial charge in [-0.15, -0.1) is 0 Å². The van der Waals surface area contributed by atoms with E-state index in [1.54, 1.807) is 6.20 Å². The van der Waals surface area contributed by atoms with Gasteiger partial charge in [0.1, 0.15) is 0 Å². The number of carbonyl (C=O) groups is 1. The van der Waals surface area contributed by atoms with Crippen molar-refractivity contribution in [1.29, 1.82) is 0 Å². The predicted octanol–water partition coefficient (Wildman–Crippen LogP) is 3.00. The van der Waals surface area contributed by atoms with E-state index in [0.29, 0.717) is 6.42 Å². The molecule has 0 atom stereocenters. The van der Waals surface area contributed by atoms with Crippen LogP contribution in [0, 0.1) is 0 Å². The molecule has 4 rings (SSSR count). The number of nitrogens with zero attached hydrogens (tertiary/aromatic N) is 3. The minimum absolute atomic E-state index is 0.154. The largest absolute Gasteiger partial charge is 0.312 e. The van der Waals surface area contributed by atoms with Crippen LogP contribution in [0.2, 0.25) is 0 Å². The van der Waals surface area contributed by atoms with Crippen molar-refractivity contribution in [3.63, 3.8) is 0 Å². The Morgan fingerprint density at radius 1 is 1.04 bits per heavy atom. The maximum absolute atomic E-state index is 12.6. The molecule has 0 fully saturated rings. The van der Waals surface area contributed by atoms with Crippen molar-refractivity contribution in [1.82, 2.24) is 9.78 Å². The quantitative estimate of drug-likeness (QED) is 0.746. The number of benzene rings is 2. The molecule has 3 aromatic rings. The summed E-state index contributed by atoms with van der Waals surface area (Å²) < 4.78 is 1.81. The number of anilines is 1. The summed E-state index contributed by atoms with van der Waals surface area (Å²) in [7, 11) is 0. The highest BCUT2D eigenvalue weighted by Crippen LogP contribution is 2.28. The molecule has 114 valence electrons. The van der Waals surface area contributed by atoms with Gasteiger partial charge in [0, 0.05) is 24.6 Å². The van der Waals surface area contributed by atoms with Crippen LogP contribution >= 0.6 is 0 Å². The molecule has 0 saturated heterocycles. The first kappa shape index (κ1) is 13.8. The first-order valence-electron chi connectivity index (χ1n) is 7.78. The first-order chi connectivity index (χ1) is 11.3. The average molecular weight is 303 g/mol. The van der Waals surface area contributed by atoms with Crippen molar-refractivity contribution in [2.75, 3.05) is 11.4 Å². The predicted molar refractivity (Wildman–Crippen MR) is 89.8 cm³/mol. The molecule has 0 spiro atoms. The Morgan fingerprint density at radius 2 is 1.87 bits per heavy atom. The summed E-state index contributed by atoms with van der Waals surface area (Å²) in [5.74, 6) is 0.154. The molecule has 2 aromatic carbocycles. The second kappa shape index (κ2) is 5.72. The molecule has 0 radical (unpaired) electrons. The Balaban J connectivity index is 1.49. The zero-order chi connectivity index (χ0) is 15.6. The molecule has 1 amide bonds. The van der Waals surface area contributed by atoms with Crippen LogP contribution in [0.5, 0.6) is 0 Å². The van der Waals surface area contributed by atoms with Gasteiger partial charge in [-0.1, -0.05) is 30.3 Å². The SMILES string of the molecule is O=C(Cc1ccc(-n2cccn2)cc1)N1CCc2ccccc21. The Bertz CT molecular complexity index is 822. The van der Waals surface area contributed by atoms with Crippen LogP contribution in [0.25, 0.3) is 5.69 Å². The van der Waals surface area contributed by atoms with Crippen LogP contribution in [-0.2, 0) is 17.6 Å². The van der Waals surface area contributed by atoms with Crippen molar-refractivity contribution in [3.8, 4) is 5.69 Å². The summed E-state index contributed by atoms with van der Waals surface area (Å²) in [4.78, 5) is 14.5. The van der Waals surface area contributed by atoms with Crippen molar-refractivity contribution >= 4 is 11.6 Å². The standard InChI is InChI=1S/C19H17N3O/c23-19(21-13-10-16-4-1-2-5-18(16)21)14-15-6-8-17(9-7-15)22-12-3-11-20-22/h1-9,11-12H,10,13-14H2. The summed E-state index contributed by atoms with van der Waals surface area (Å²) in [6, 6.07) is 18.0. The summed E-state index contributed by atoms with van der Waals surface area (Å²) in [5.41, 5.74) is 4.34. The van der Waals surface area contributed by atoms with Crippen LogP contribution in [0.3, 0.4) is 0 Å². The third-order valence-corrected chi connectivity index (χ3v) is 4.25. The number of hydrogen-bond acceptors (Lipinski definition) is 2. The average Bonchev–Trinajstić information content (AvgIpc) is 3.25. The summed E-state index contributed by atoms with van der Waals surface area (Å²) in [6.45, 7) is 0.781. The van der Waals surface area contributed by atoms with Crippen molar-refractivity contribution in [2.45, 2.75) is 12.8 Å². The Kier molecular flexibility index (Phi) is 3.42. The number of amides is 1. The number of carbonyl (C=O) groups excluding carboxylic acids is 1. The molecule has 0 bridgehead atoms. The summed E-state index contributed by atoms with van der Waals surface area (Å²) in [5, 5.41) is 4.21. The second-order valence-corrected chi connectivity index (χ2v) is 5.72. The summed E-state index contributed by atoms with van der Waals surface area (Å²) in [6.07, 6.45) is 5.03. The van der Waals surface area contributed by atoms with Gasteiger partial charge in [-0.2, -0.15) is 5.10 Å². The van der Waals surface area contributed by atoms with Crippen LogP contribution in [0.15, 0.2) is 67.0 Å². The molecule has 0 saturated carbocycles. The lowest BCUT2D eigenvalue weighted by molar-refractivity contribution is -0.117.